The molecule has 0 atom stereocenters. The van der Waals surface area contributed by atoms with Crippen molar-refractivity contribution in [2.24, 2.45) is 0 Å². The molecule has 0 saturated heterocycles. The monoisotopic (exact) mass is 232 g/mol. The van der Waals surface area contributed by atoms with Crippen molar-refractivity contribution in [1.82, 2.24) is 0 Å². The SMILES string of the molecule is O=Cc1occc1-c1cccc(C(=O)O)c1O. The van der Waals surface area contributed by atoms with Crippen molar-refractivity contribution < 1.29 is 24.2 Å². The number of phenols is 1. The number of carbonyl (C=O) groups is 2. The number of carboxylic acids is 1. The third-order valence-electron chi connectivity index (χ3n) is 2.36. The van der Waals surface area contributed by atoms with E-state index in [0.717, 1.165) is 0 Å². The zero-order valence-corrected chi connectivity index (χ0v) is 8.58. The molecule has 0 unspecified atom stereocenters. The van der Waals surface area contributed by atoms with Crippen LogP contribution < -0.4 is 0 Å². The van der Waals surface area contributed by atoms with E-state index >= 15 is 0 Å². The molecule has 2 N–H and O–H groups in total. The van der Waals surface area contributed by atoms with Gasteiger partial charge in [0.25, 0.3) is 0 Å². The second kappa shape index (κ2) is 4.13. The fourth-order valence-corrected chi connectivity index (χ4v) is 1.57. The average molecular weight is 232 g/mol. The third-order valence-corrected chi connectivity index (χ3v) is 2.36. The van der Waals surface area contributed by atoms with Gasteiger partial charge < -0.3 is 14.6 Å². The lowest BCUT2D eigenvalue weighted by Gasteiger charge is -2.05. The Bertz CT molecular complexity index is 582. The van der Waals surface area contributed by atoms with Crippen LogP contribution in [0.1, 0.15) is 20.9 Å². The summed E-state index contributed by atoms with van der Waals surface area (Å²) >= 11 is 0. The summed E-state index contributed by atoms with van der Waals surface area (Å²) in [5.74, 6) is -1.58. The highest BCUT2D eigenvalue weighted by atomic mass is 16.4. The summed E-state index contributed by atoms with van der Waals surface area (Å²) in [5.41, 5.74) is 0.391. The van der Waals surface area contributed by atoms with Crippen molar-refractivity contribution in [3.8, 4) is 16.9 Å². The maximum atomic E-state index is 10.8. The maximum Gasteiger partial charge on any atom is 0.339 e. The number of aromatic carboxylic acids is 1. The van der Waals surface area contributed by atoms with E-state index in [4.69, 9.17) is 9.52 Å². The first-order valence-corrected chi connectivity index (χ1v) is 4.73. The molecule has 86 valence electrons. The van der Waals surface area contributed by atoms with E-state index in [1.807, 2.05) is 0 Å². The van der Waals surface area contributed by atoms with E-state index in [1.54, 1.807) is 0 Å². The van der Waals surface area contributed by atoms with Crippen LogP contribution in [0.25, 0.3) is 11.1 Å². The predicted octanol–water partition coefficient (Wildman–Crippen LogP) is 2.16. The number of para-hydroxylation sites is 1. The summed E-state index contributed by atoms with van der Waals surface area (Å²) in [6.07, 6.45) is 1.80. The highest BCUT2D eigenvalue weighted by Gasteiger charge is 2.17. The van der Waals surface area contributed by atoms with Gasteiger partial charge in [0, 0.05) is 11.1 Å². The number of aldehydes is 1. The second-order valence-corrected chi connectivity index (χ2v) is 3.32. The first-order chi connectivity index (χ1) is 8.15. The van der Waals surface area contributed by atoms with Crippen LogP contribution in [-0.4, -0.2) is 22.5 Å². The van der Waals surface area contributed by atoms with Crippen molar-refractivity contribution in [2.75, 3.05) is 0 Å². The first-order valence-electron chi connectivity index (χ1n) is 4.73. The molecule has 0 spiro atoms. The van der Waals surface area contributed by atoms with Gasteiger partial charge in [0.05, 0.1) is 6.26 Å². The number of rotatable bonds is 3. The number of hydrogen-bond donors (Lipinski definition) is 2. The van der Waals surface area contributed by atoms with Crippen molar-refractivity contribution in [1.29, 1.82) is 0 Å². The largest absolute Gasteiger partial charge is 0.506 e. The molecule has 0 aliphatic carbocycles. The molecule has 5 heteroatoms. The number of aromatic hydroxyl groups is 1. The lowest BCUT2D eigenvalue weighted by molar-refractivity contribution is 0.0693. The number of carboxylic acid groups (broad SMARTS) is 1. The zero-order chi connectivity index (χ0) is 12.4. The number of furan rings is 1. The Balaban J connectivity index is 2.64. The summed E-state index contributed by atoms with van der Waals surface area (Å²) < 4.78 is 4.90. The molecule has 0 radical (unpaired) electrons. The summed E-state index contributed by atoms with van der Waals surface area (Å²) in [4.78, 5) is 21.5. The van der Waals surface area contributed by atoms with Crippen LogP contribution in [-0.2, 0) is 0 Å². The van der Waals surface area contributed by atoms with E-state index < -0.39 is 5.97 Å². The Hall–Kier alpha value is -2.56. The molecule has 0 bridgehead atoms. The van der Waals surface area contributed by atoms with Crippen LogP contribution in [0.2, 0.25) is 0 Å². The summed E-state index contributed by atoms with van der Waals surface area (Å²) in [5, 5.41) is 18.7. The van der Waals surface area contributed by atoms with Crippen LogP contribution in [0.3, 0.4) is 0 Å². The summed E-state index contributed by atoms with van der Waals surface area (Å²) in [6.45, 7) is 0. The lowest BCUT2D eigenvalue weighted by Crippen LogP contribution is -1.97. The molecule has 1 heterocycles. The smallest absolute Gasteiger partial charge is 0.339 e. The second-order valence-electron chi connectivity index (χ2n) is 3.32. The van der Waals surface area contributed by atoms with Gasteiger partial charge in [-0.2, -0.15) is 0 Å². The normalized spacial score (nSPS) is 10.1. The van der Waals surface area contributed by atoms with Crippen molar-refractivity contribution >= 4 is 12.3 Å². The molecule has 0 fully saturated rings. The average Bonchev–Trinajstić information content (AvgIpc) is 2.76. The molecule has 0 saturated carbocycles. The molecule has 0 aliphatic heterocycles. The lowest BCUT2D eigenvalue weighted by atomic mass is 10.0. The van der Waals surface area contributed by atoms with Crippen molar-refractivity contribution in [3.63, 3.8) is 0 Å². The minimum atomic E-state index is -1.24. The Labute approximate surface area is 95.9 Å². The quantitative estimate of drug-likeness (QED) is 0.791. The fourth-order valence-electron chi connectivity index (χ4n) is 1.57. The highest BCUT2D eigenvalue weighted by molar-refractivity contribution is 5.95. The number of hydrogen-bond acceptors (Lipinski definition) is 4. The van der Waals surface area contributed by atoms with Crippen molar-refractivity contribution in [2.45, 2.75) is 0 Å². The van der Waals surface area contributed by atoms with Crippen LogP contribution in [0, 0.1) is 0 Å². The van der Waals surface area contributed by atoms with Gasteiger partial charge in [-0.15, -0.1) is 0 Å². The topological polar surface area (TPSA) is 87.7 Å². The van der Waals surface area contributed by atoms with Crippen LogP contribution in [0.15, 0.2) is 34.9 Å². The minimum Gasteiger partial charge on any atom is -0.506 e. The molecule has 2 aromatic rings. The molecule has 0 amide bonds. The molecule has 1 aromatic heterocycles. The minimum absolute atomic E-state index is 0.0443. The Morgan fingerprint density at radius 2 is 2.00 bits per heavy atom. The Morgan fingerprint density at radius 3 is 2.65 bits per heavy atom. The summed E-state index contributed by atoms with van der Waals surface area (Å²) in [6, 6.07) is 5.77. The highest BCUT2D eigenvalue weighted by Crippen LogP contribution is 2.34. The third kappa shape index (κ3) is 1.78. The fraction of sp³-hybridized carbons (Fsp3) is 0. The van der Waals surface area contributed by atoms with Gasteiger partial charge in [0.1, 0.15) is 11.3 Å². The van der Waals surface area contributed by atoms with E-state index in [9.17, 15) is 14.7 Å². The molecule has 1 aromatic carbocycles. The van der Waals surface area contributed by atoms with Crippen LogP contribution in [0.4, 0.5) is 0 Å². The predicted molar refractivity (Wildman–Crippen MR) is 58.2 cm³/mol. The standard InChI is InChI=1S/C12H8O5/c13-6-10-7(4-5-17-10)8-2-1-3-9(11(8)14)12(15)16/h1-6,14H,(H,15,16). The van der Waals surface area contributed by atoms with E-state index in [2.05, 4.69) is 0 Å². The van der Waals surface area contributed by atoms with Crippen LogP contribution in [0.5, 0.6) is 5.75 Å². The summed E-state index contributed by atoms with van der Waals surface area (Å²) in [7, 11) is 0. The molecule has 0 aliphatic rings. The molecule has 2 rings (SSSR count). The van der Waals surface area contributed by atoms with Gasteiger partial charge >= 0.3 is 5.97 Å². The van der Waals surface area contributed by atoms with Gasteiger partial charge in [-0.05, 0) is 12.1 Å². The zero-order valence-electron chi connectivity index (χ0n) is 8.58. The molecule has 5 nitrogen and oxygen atoms in total. The van der Waals surface area contributed by atoms with E-state index in [-0.39, 0.29) is 22.6 Å². The Morgan fingerprint density at radius 1 is 1.24 bits per heavy atom. The van der Waals surface area contributed by atoms with E-state index in [1.165, 1.54) is 30.5 Å². The van der Waals surface area contributed by atoms with Gasteiger partial charge in [-0.3, -0.25) is 4.79 Å². The number of benzene rings is 1. The molecular formula is C12H8O5. The first kappa shape index (κ1) is 10.9. The van der Waals surface area contributed by atoms with E-state index in [0.29, 0.717) is 11.8 Å². The van der Waals surface area contributed by atoms with Gasteiger partial charge in [-0.25, -0.2) is 4.79 Å². The Kier molecular flexibility index (Phi) is 2.66. The number of carbonyl (C=O) groups excluding carboxylic acids is 1. The van der Waals surface area contributed by atoms with Gasteiger partial charge in [0.2, 0.25) is 0 Å². The maximum absolute atomic E-state index is 10.8. The van der Waals surface area contributed by atoms with Gasteiger partial charge in [-0.1, -0.05) is 12.1 Å². The molecular weight excluding hydrogens is 224 g/mol. The van der Waals surface area contributed by atoms with Crippen molar-refractivity contribution in [3.05, 3.63) is 41.9 Å². The van der Waals surface area contributed by atoms with Gasteiger partial charge in [0.15, 0.2) is 12.0 Å². The van der Waals surface area contributed by atoms with Crippen LogP contribution >= 0.6 is 0 Å². The molecule has 17 heavy (non-hydrogen) atoms.